The molecular weight excluding hydrogens is 543 g/mol. The van der Waals surface area contributed by atoms with Crippen molar-refractivity contribution in [3.8, 4) is 0 Å². The number of carbonyl (C=O) groups excluding carboxylic acids is 1. The van der Waals surface area contributed by atoms with E-state index in [1.54, 1.807) is 0 Å². The predicted molar refractivity (Wildman–Crippen MR) is 156 cm³/mol. The number of hydrogen-bond donors (Lipinski definition) is 0. The maximum absolute atomic E-state index is 12.9. The molecular formula is C29H58O3SiSn. The number of rotatable bonds is 16. The summed E-state index contributed by atoms with van der Waals surface area (Å²) in [5.74, 6) is -0.215. The van der Waals surface area contributed by atoms with Crippen LogP contribution >= 0.6 is 0 Å². The van der Waals surface area contributed by atoms with Crippen LogP contribution in [0.5, 0.6) is 0 Å². The first kappa shape index (κ1) is 33.9. The van der Waals surface area contributed by atoms with Crippen LogP contribution in [-0.2, 0) is 14.0 Å². The van der Waals surface area contributed by atoms with E-state index in [-0.39, 0.29) is 17.1 Å². The Morgan fingerprint density at radius 2 is 1.35 bits per heavy atom. The van der Waals surface area contributed by atoms with E-state index < -0.39 is 32.1 Å². The van der Waals surface area contributed by atoms with Gasteiger partial charge in [-0.1, -0.05) is 0 Å². The molecule has 0 heterocycles. The van der Waals surface area contributed by atoms with E-state index in [2.05, 4.69) is 67.6 Å². The molecule has 0 aromatic heterocycles. The van der Waals surface area contributed by atoms with Crippen LogP contribution in [0.1, 0.15) is 101 Å². The summed E-state index contributed by atoms with van der Waals surface area (Å²) < 4.78 is 17.8. The number of unbranched alkanes of at least 4 members (excludes halogenated alkanes) is 3. The summed E-state index contributed by atoms with van der Waals surface area (Å²) in [6.45, 7) is 29.1. The summed E-state index contributed by atoms with van der Waals surface area (Å²) in [7, 11) is -0.641. The molecule has 1 atom stereocenters. The Balaban J connectivity index is 6.51. The van der Waals surface area contributed by atoms with Gasteiger partial charge in [-0.15, -0.1) is 0 Å². The van der Waals surface area contributed by atoms with Gasteiger partial charge in [0.05, 0.1) is 0 Å². The number of methoxy groups -OCH3 is 1. The topological polar surface area (TPSA) is 35.5 Å². The molecule has 34 heavy (non-hydrogen) atoms. The first-order valence-corrected chi connectivity index (χ1v) is 24.1. The van der Waals surface area contributed by atoms with Crippen LogP contribution in [0.4, 0.5) is 0 Å². The molecule has 5 heteroatoms. The van der Waals surface area contributed by atoms with Crippen LogP contribution in [0.25, 0.3) is 0 Å². The van der Waals surface area contributed by atoms with Crippen LogP contribution in [0.2, 0.25) is 31.4 Å². The summed E-state index contributed by atoms with van der Waals surface area (Å²) in [5.41, 5.74) is 0.371. The van der Waals surface area contributed by atoms with Crippen LogP contribution in [0.3, 0.4) is 0 Å². The fourth-order valence-corrected chi connectivity index (χ4v) is 21.2. The van der Waals surface area contributed by atoms with Crippen molar-refractivity contribution in [1.82, 2.24) is 0 Å². The van der Waals surface area contributed by atoms with E-state index in [4.69, 9.17) is 15.7 Å². The zero-order valence-electron chi connectivity index (χ0n) is 25.0. The van der Waals surface area contributed by atoms with Gasteiger partial charge in [-0.05, 0) is 0 Å². The van der Waals surface area contributed by atoms with Crippen LogP contribution < -0.4 is 0 Å². The maximum atomic E-state index is 12.9. The Kier molecular flexibility index (Phi) is 14.6. The molecule has 0 aromatic rings. The van der Waals surface area contributed by atoms with Gasteiger partial charge in [0.25, 0.3) is 0 Å². The van der Waals surface area contributed by atoms with Crippen molar-refractivity contribution < 1.29 is 14.0 Å². The van der Waals surface area contributed by atoms with Crippen molar-refractivity contribution in [3.05, 3.63) is 21.8 Å². The van der Waals surface area contributed by atoms with Crippen molar-refractivity contribution >= 4 is 32.7 Å². The summed E-state index contributed by atoms with van der Waals surface area (Å²) in [5, 5.41) is 0.0567. The van der Waals surface area contributed by atoms with Crippen molar-refractivity contribution in [2.24, 2.45) is 5.41 Å². The molecule has 0 saturated carbocycles. The van der Waals surface area contributed by atoms with E-state index in [1.165, 1.54) is 62.5 Å². The van der Waals surface area contributed by atoms with Gasteiger partial charge in [0.15, 0.2) is 0 Å². The second-order valence-electron chi connectivity index (χ2n) is 12.5. The summed E-state index contributed by atoms with van der Waals surface area (Å²) >= 11 is -2.62. The second-order valence-corrected chi connectivity index (χ2v) is 30.7. The number of hydrogen-bond acceptors (Lipinski definition) is 3. The average Bonchev–Trinajstić information content (AvgIpc) is 2.75. The molecule has 0 saturated heterocycles. The first-order chi connectivity index (χ1) is 15.6. The van der Waals surface area contributed by atoms with Gasteiger partial charge in [-0.25, -0.2) is 0 Å². The number of ether oxygens (including phenoxy) is 1. The third-order valence-corrected chi connectivity index (χ3v) is 28.1. The zero-order valence-corrected chi connectivity index (χ0v) is 28.8. The Labute approximate surface area is 218 Å². The molecule has 0 aromatic carbocycles. The van der Waals surface area contributed by atoms with Gasteiger partial charge in [-0.3, -0.25) is 0 Å². The van der Waals surface area contributed by atoms with Gasteiger partial charge in [0, 0.05) is 0 Å². The van der Waals surface area contributed by atoms with Gasteiger partial charge in [0.1, 0.15) is 0 Å². The number of esters is 1. The molecule has 0 spiro atoms. The van der Waals surface area contributed by atoms with Crippen molar-refractivity contribution in [3.63, 3.8) is 0 Å². The fourth-order valence-electron chi connectivity index (χ4n) is 4.56. The first-order valence-electron chi connectivity index (χ1n) is 13.7. The third-order valence-electron chi connectivity index (χ3n) is 8.11. The molecule has 0 aliphatic carbocycles. The molecule has 0 aliphatic rings. The van der Waals surface area contributed by atoms with E-state index in [0.29, 0.717) is 0 Å². The normalized spacial score (nSPS) is 14.8. The monoisotopic (exact) mass is 602 g/mol. The van der Waals surface area contributed by atoms with Crippen molar-refractivity contribution in [2.45, 2.75) is 138 Å². The van der Waals surface area contributed by atoms with Crippen LogP contribution in [0, 0.1) is 5.41 Å². The third kappa shape index (κ3) is 9.42. The molecule has 3 nitrogen and oxygen atoms in total. The van der Waals surface area contributed by atoms with Crippen LogP contribution in [-0.4, -0.2) is 45.9 Å². The predicted octanol–water partition coefficient (Wildman–Crippen LogP) is 9.47. The molecule has 0 aliphatic heterocycles. The Bertz CT molecular complexity index is 652. The van der Waals surface area contributed by atoms with E-state index in [0.717, 1.165) is 5.57 Å². The van der Waals surface area contributed by atoms with Gasteiger partial charge in [0.2, 0.25) is 0 Å². The zero-order chi connectivity index (χ0) is 26.8. The van der Waals surface area contributed by atoms with Gasteiger partial charge >= 0.3 is 219 Å². The molecule has 0 rings (SSSR count). The Morgan fingerprint density at radius 1 is 0.941 bits per heavy atom. The quantitative estimate of drug-likeness (QED) is 0.100. The van der Waals surface area contributed by atoms with E-state index >= 15 is 0 Å². The van der Waals surface area contributed by atoms with Gasteiger partial charge in [-0.2, -0.15) is 0 Å². The number of carbonyl (C=O) groups is 1. The fraction of sp³-hybridized carbons (Fsp3) is 0.828. The molecule has 0 amide bonds. The molecule has 0 unspecified atom stereocenters. The van der Waals surface area contributed by atoms with E-state index in [1.807, 2.05) is 13.8 Å². The second kappa shape index (κ2) is 14.6. The summed E-state index contributed by atoms with van der Waals surface area (Å²) in [6.07, 6.45) is 9.73. The minimum atomic E-state index is -2.62. The molecule has 0 fully saturated rings. The van der Waals surface area contributed by atoms with Gasteiger partial charge < -0.3 is 0 Å². The minimum absolute atomic E-state index is 0.0567. The molecule has 0 bridgehead atoms. The number of allylic oxidation sites excluding steroid dienone is 2. The van der Waals surface area contributed by atoms with Crippen molar-refractivity contribution in [2.75, 3.05) is 7.11 Å². The molecule has 0 N–H and O–H groups in total. The molecule has 0 radical (unpaired) electrons. The Morgan fingerprint density at radius 3 is 1.68 bits per heavy atom. The van der Waals surface area contributed by atoms with Crippen LogP contribution in [0.15, 0.2) is 21.8 Å². The van der Waals surface area contributed by atoms with E-state index in [9.17, 15) is 4.79 Å². The standard InChI is InChI=1S/C17H31O3Si.3C4H9.Sn/c1-11-12-13(2)14(17(6,7)15(18)19-8)20-21(9,10)16(3,4)5;3*1-3-4-2;/h12,14H,1H2,2-10H3;3*1,3-4H2,2H3;/b13-12+;;;;/t14-;;;;/m1..../s1. The average molecular weight is 602 g/mol. The Hall–Kier alpha value is -0.0744. The van der Waals surface area contributed by atoms with Crippen molar-refractivity contribution in [1.29, 1.82) is 0 Å². The SMILES string of the molecule is C=[C](/C=C(\C)[C@@H](O[Si](C)(C)C(C)(C)C)C(C)(C)C(=O)OC)[Sn]([CH2]CCC)([CH2]CCC)[CH2]CCC. The summed E-state index contributed by atoms with van der Waals surface area (Å²) in [6, 6.07) is 0. The summed E-state index contributed by atoms with van der Waals surface area (Å²) in [4.78, 5) is 12.9. The molecule has 200 valence electrons.